The lowest BCUT2D eigenvalue weighted by Gasteiger charge is -2.38. The van der Waals surface area contributed by atoms with E-state index in [1.807, 2.05) is 0 Å². The Labute approximate surface area is 226 Å². The number of nitrogens with zero attached hydrogens (tertiary/aromatic N) is 2. The number of hydrogen-bond acceptors (Lipinski definition) is 6. The van der Waals surface area contributed by atoms with Gasteiger partial charge in [-0.25, -0.2) is 4.79 Å². The average molecular weight is 531 g/mol. The van der Waals surface area contributed by atoms with Crippen molar-refractivity contribution in [2.24, 2.45) is 0 Å². The van der Waals surface area contributed by atoms with Gasteiger partial charge in [-0.05, 0) is 67.9 Å². The minimum absolute atomic E-state index is 0.137. The Morgan fingerprint density at radius 1 is 1.10 bits per heavy atom. The second-order valence-corrected chi connectivity index (χ2v) is 10.1. The van der Waals surface area contributed by atoms with Crippen LogP contribution in [0.5, 0.6) is 5.75 Å². The number of piperidine rings is 1. The quantitative estimate of drug-likeness (QED) is 0.383. The van der Waals surface area contributed by atoms with Crippen molar-refractivity contribution < 1.29 is 29.0 Å². The van der Waals surface area contributed by atoms with Gasteiger partial charge in [-0.15, -0.1) is 0 Å². The number of urea groups is 1. The largest absolute Gasteiger partial charge is 0.497 e. The molecule has 39 heavy (non-hydrogen) atoms. The Morgan fingerprint density at radius 3 is 2.41 bits per heavy atom. The van der Waals surface area contributed by atoms with Crippen LogP contribution in [-0.4, -0.2) is 77.5 Å². The van der Waals surface area contributed by atoms with E-state index >= 15 is 0 Å². The van der Waals surface area contributed by atoms with Crippen LogP contribution in [0.3, 0.4) is 0 Å². The number of hydrogen-bond donors (Lipinski definition) is 3. The number of likely N-dealkylation sites (tertiary alicyclic amines) is 1. The van der Waals surface area contributed by atoms with Crippen molar-refractivity contribution in [3.63, 3.8) is 0 Å². The third-order valence-electron chi connectivity index (χ3n) is 7.99. The first-order chi connectivity index (χ1) is 18.7. The number of rotatable bonds is 6. The van der Waals surface area contributed by atoms with Crippen LogP contribution in [0.4, 0.5) is 4.79 Å². The maximum atomic E-state index is 13.1. The number of amides is 4. The zero-order valence-electron chi connectivity index (χ0n) is 21.9. The fourth-order valence-electron chi connectivity index (χ4n) is 5.54. The van der Waals surface area contributed by atoms with E-state index in [2.05, 4.69) is 34.3 Å². The molecule has 0 spiro atoms. The van der Waals surface area contributed by atoms with Crippen LogP contribution in [-0.2, 0) is 21.5 Å². The van der Waals surface area contributed by atoms with E-state index in [1.165, 1.54) is 12.0 Å². The third-order valence-corrected chi connectivity index (χ3v) is 7.99. The number of carbonyl (C=O) groups excluding carboxylic acids is 3. The molecule has 4 amide bonds. The molecular formula is C29H30N4O6. The lowest BCUT2D eigenvalue weighted by Crippen LogP contribution is -2.54. The Hall–Kier alpha value is -4.36. The van der Waals surface area contributed by atoms with E-state index < -0.39 is 28.9 Å². The van der Waals surface area contributed by atoms with Gasteiger partial charge in [-0.1, -0.05) is 37.0 Å². The molecule has 10 heteroatoms. The summed E-state index contributed by atoms with van der Waals surface area (Å²) in [5.41, 5.74) is -0.0388. The van der Waals surface area contributed by atoms with Crippen molar-refractivity contribution in [2.75, 3.05) is 33.3 Å². The zero-order chi connectivity index (χ0) is 27.8. The zero-order valence-corrected chi connectivity index (χ0v) is 21.9. The standard InChI is InChI=1S/C29H30N4O6/c1-3-32-14-12-28(13-15-32,26(36)37)21-7-4-19(5-8-21)10-11-29(25(35)30-27(38)31-29)18-33-17-20-6-9-22(39-2)16-23(20)24(33)34/h4-9,16H,3,12-15,17-18H2,1-2H3,(H,36,37)(H2,30,31,35,38). The number of benzene rings is 2. The van der Waals surface area contributed by atoms with Gasteiger partial charge >= 0.3 is 12.0 Å². The third kappa shape index (κ3) is 4.70. The first-order valence-corrected chi connectivity index (χ1v) is 12.9. The minimum atomic E-state index is -1.63. The predicted octanol–water partition coefficient (Wildman–Crippen LogP) is 1.72. The highest BCUT2D eigenvalue weighted by Crippen LogP contribution is 2.36. The number of carboxylic acid groups (broad SMARTS) is 1. The van der Waals surface area contributed by atoms with Gasteiger partial charge in [0, 0.05) is 17.7 Å². The lowest BCUT2D eigenvalue weighted by atomic mass is 9.72. The van der Waals surface area contributed by atoms with Gasteiger partial charge < -0.3 is 25.0 Å². The second kappa shape index (κ2) is 10.1. The van der Waals surface area contributed by atoms with Gasteiger partial charge in [-0.3, -0.25) is 19.7 Å². The van der Waals surface area contributed by atoms with Crippen molar-refractivity contribution in [1.82, 2.24) is 20.4 Å². The topological polar surface area (TPSA) is 128 Å². The molecule has 0 bridgehead atoms. The van der Waals surface area contributed by atoms with Crippen LogP contribution in [0, 0.1) is 11.8 Å². The molecule has 10 nitrogen and oxygen atoms in total. The molecule has 1 atom stereocenters. The molecule has 0 saturated carbocycles. The summed E-state index contributed by atoms with van der Waals surface area (Å²) in [6, 6.07) is 11.5. The van der Waals surface area contributed by atoms with Crippen molar-refractivity contribution >= 4 is 23.8 Å². The van der Waals surface area contributed by atoms with Crippen LogP contribution >= 0.6 is 0 Å². The molecule has 2 aromatic rings. The molecule has 0 radical (unpaired) electrons. The number of carbonyl (C=O) groups is 4. The van der Waals surface area contributed by atoms with Gasteiger partial charge in [0.2, 0.25) is 5.54 Å². The predicted molar refractivity (Wildman–Crippen MR) is 141 cm³/mol. The summed E-state index contributed by atoms with van der Waals surface area (Å²) in [6.45, 7) is 4.52. The maximum absolute atomic E-state index is 13.1. The molecule has 5 rings (SSSR count). The Bertz CT molecular complexity index is 1400. The van der Waals surface area contributed by atoms with Gasteiger partial charge in [0.1, 0.15) is 5.75 Å². The highest BCUT2D eigenvalue weighted by molar-refractivity contribution is 6.10. The van der Waals surface area contributed by atoms with Crippen LogP contribution in [0.25, 0.3) is 0 Å². The summed E-state index contributed by atoms with van der Waals surface area (Å²) in [5, 5.41) is 14.9. The van der Waals surface area contributed by atoms with E-state index in [9.17, 15) is 24.3 Å². The van der Waals surface area contributed by atoms with Gasteiger partial charge in [0.15, 0.2) is 0 Å². The smallest absolute Gasteiger partial charge is 0.323 e. The molecule has 2 aromatic carbocycles. The molecule has 3 heterocycles. The maximum Gasteiger partial charge on any atom is 0.323 e. The van der Waals surface area contributed by atoms with Gasteiger partial charge in [-0.2, -0.15) is 0 Å². The fraction of sp³-hybridized carbons (Fsp3) is 0.379. The number of nitrogens with one attached hydrogen (secondary N) is 2. The van der Waals surface area contributed by atoms with Crippen LogP contribution in [0.15, 0.2) is 42.5 Å². The number of methoxy groups -OCH3 is 1. The van der Waals surface area contributed by atoms with E-state index in [4.69, 9.17) is 4.74 Å². The highest BCUT2D eigenvalue weighted by atomic mass is 16.5. The monoisotopic (exact) mass is 530 g/mol. The SMILES string of the molecule is CCN1CCC(C(=O)O)(c2ccc(C#CC3(CN4Cc5ccc(OC)cc5C4=O)NC(=O)NC3=O)cc2)CC1. The molecule has 202 valence electrons. The summed E-state index contributed by atoms with van der Waals surface area (Å²) in [5.74, 6) is 4.65. The first-order valence-electron chi connectivity index (χ1n) is 12.9. The summed E-state index contributed by atoms with van der Waals surface area (Å²) < 4.78 is 5.22. The van der Waals surface area contributed by atoms with E-state index in [1.54, 1.807) is 42.5 Å². The van der Waals surface area contributed by atoms with Gasteiger partial charge in [0.05, 0.1) is 19.1 Å². The summed E-state index contributed by atoms with van der Waals surface area (Å²) >= 11 is 0. The summed E-state index contributed by atoms with van der Waals surface area (Å²) in [6.07, 6.45) is 1.04. The molecule has 3 N–H and O–H groups in total. The van der Waals surface area contributed by atoms with Crippen molar-refractivity contribution in [2.45, 2.75) is 37.3 Å². The molecule has 3 aliphatic heterocycles. The minimum Gasteiger partial charge on any atom is -0.497 e. The number of ether oxygens (including phenoxy) is 1. The fourth-order valence-corrected chi connectivity index (χ4v) is 5.54. The second-order valence-electron chi connectivity index (χ2n) is 10.1. The lowest BCUT2D eigenvalue weighted by molar-refractivity contribution is -0.146. The van der Waals surface area contributed by atoms with E-state index in [-0.39, 0.29) is 19.0 Å². The Morgan fingerprint density at radius 2 is 1.82 bits per heavy atom. The van der Waals surface area contributed by atoms with E-state index in [0.717, 1.165) is 12.1 Å². The first kappa shape index (κ1) is 26.3. The van der Waals surface area contributed by atoms with Crippen molar-refractivity contribution in [3.8, 4) is 17.6 Å². The number of fused-ring (bicyclic) bond motifs is 1. The number of aliphatic carboxylic acids is 1. The summed E-state index contributed by atoms with van der Waals surface area (Å²) in [4.78, 5) is 54.1. The van der Waals surface area contributed by atoms with Crippen LogP contribution < -0.4 is 15.4 Å². The summed E-state index contributed by atoms with van der Waals surface area (Å²) in [7, 11) is 1.52. The normalized spacial score (nSPS) is 22.0. The molecule has 2 saturated heterocycles. The molecule has 0 aliphatic carbocycles. The molecule has 1 unspecified atom stereocenters. The molecular weight excluding hydrogens is 500 g/mol. The van der Waals surface area contributed by atoms with E-state index in [0.29, 0.717) is 48.4 Å². The van der Waals surface area contributed by atoms with Crippen LogP contribution in [0.1, 0.15) is 46.8 Å². The molecule has 3 aliphatic rings. The molecule has 2 fully saturated rings. The number of carboxylic acids is 1. The van der Waals surface area contributed by atoms with Crippen molar-refractivity contribution in [3.05, 3.63) is 64.7 Å². The highest BCUT2D eigenvalue weighted by Gasteiger charge is 2.48. The van der Waals surface area contributed by atoms with Gasteiger partial charge in [0.25, 0.3) is 11.8 Å². The Balaban J connectivity index is 1.39. The number of imide groups is 1. The van der Waals surface area contributed by atoms with Crippen LogP contribution in [0.2, 0.25) is 0 Å². The average Bonchev–Trinajstić information content (AvgIpc) is 3.41. The molecule has 0 aromatic heterocycles. The Kier molecular flexibility index (Phi) is 6.78. The van der Waals surface area contributed by atoms with Crippen molar-refractivity contribution in [1.29, 1.82) is 0 Å².